The summed E-state index contributed by atoms with van der Waals surface area (Å²) >= 11 is 0. The van der Waals surface area contributed by atoms with Crippen molar-refractivity contribution in [2.75, 3.05) is 13.7 Å². The Kier molecular flexibility index (Phi) is 4.64. The first kappa shape index (κ1) is 14.5. The van der Waals surface area contributed by atoms with Crippen LogP contribution in [0.3, 0.4) is 0 Å². The Hall–Kier alpha value is -0.860. The molecule has 2 heteroatoms. The summed E-state index contributed by atoms with van der Waals surface area (Å²) in [6.45, 7) is 7.57. The number of hydrogen-bond acceptors (Lipinski definition) is 2. The molecule has 0 radical (unpaired) electrons. The largest absolute Gasteiger partial charge is 0.376 e. The van der Waals surface area contributed by atoms with E-state index in [0.29, 0.717) is 6.04 Å². The van der Waals surface area contributed by atoms with Crippen molar-refractivity contribution in [1.29, 1.82) is 0 Å². The molecule has 0 amide bonds. The third kappa shape index (κ3) is 2.70. The van der Waals surface area contributed by atoms with Crippen molar-refractivity contribution in [3.63, 3.8) is 0 Å². The lowest BCUT2D eigenvalue weighted by Gasteiger charge is -2.38. The SMILES string of the molecule is CCNC(c1cccc(C)c1C)C1(OC)CCCC1. The molecule has 19 heavy (non-hydrogen) atoms. The Morgan fingerprint density at radius 3 is 2.53 bits per heavy atom. The average Bonchev–Trinajstić information content (AvgIpc) is 2.89. The molecular weight excluding hydrogens is 234 g/mol. The standard InChI is InChI=1S/C17H27NO/c1-5-18-16(17(19-4)11-6-7-12-17)15-10-8-9-13(2)14(15)3/h8-10,16,18H,5-7,11-12H2,1-4H3. The first-order valence-corrected chi connectivity index (χ1v) is 7.49. The lowest BCUT2D eigenvalue weighted by molar-refractivity contribution is -0.0365. The third-order valence-corrected chi connectivity index (χ3v) is 4.75. The molecule has 2 nitrogen and oxygen atoms in total. The number of benzene rings is 1. The first-order valence-electron chi connectivity index (χ1n) is 7.49. The van der Waals surface area contributed by atoms with Crippen molar-refractivity contribution < 1.29 is 4.74 Å². The highest BCUT2D eigenvalue weighted by Gasteiger charge is 2.42. The van der Waals surface area contributed by atoms with Crippen molar-refractivity contribution in [2.45, 2.75) is 58.1 Å². The van der Waals surface area contributed by atoms with Crippen LogP contribution in [-0.2, 0) is 4.74 Å². The molecule has 1 aliphatic carbocycles. The van der Waals surface area contributed by atoms with E-state index in [1.54, 1.807) is 0 Å². The minimum atomic E-state index is -0.0193. The Balaban J connectivity index is 2.41. The monoisotopic (exact) mass is 261 g/mol. The molecule has 1 aliphatic rings. The second kappa shape index (κ2) is 6.06. The molecule has 0 heterocycles. The Morgan fingerprint density at radius 1 is 1.26 bits per heavy atom. The fourth-order valence-electron chi connectivity index (χ4n) is 3.45. The maximum atomic E-state index is 6.00. The van der Waals surface area contributed by atoms with Crippen LogP contribution in [0, 0.1) is 13.8 Å². The summed E-state index contributed by atoms with van der Waals surface area (Å²) in [5.74, 6) is 0. The number of methoxy groups -OCH3 is 1. The summed E-state index contributed by atoms with van der Waals surface area (Å²) in [5, 5.41) is 3.68. The van der Waals surface area contributed by atoms with Gasteiger partial charge in [0.2, 0.25) is 0 Å². The van der Waals surface area contributed by atoms with Gasteiger partial charge in [-0.15, -0.1) is 0 Å². The van der Waals surface area contributed by atoms with Crippen LogP contribution < -0.4 is 5.32 Å². The fraction of sp³-hybridized carbons (Fsp3) is 0.647. The van der Waals surface area contributed by atoms with Crippen LogP contribution in [0.25, 0.3) is 0 Å². The van der Waals surface area contributed by atoms with Crippen LogP contribution in [0.5, 0.6) is 0 Å². The molecule has 0 bridgehead atoms. The van der Waals surface area contributed by atoms with Crippen LogP contribution in [0.15, 0.2) is 18.2 Å². The van der Waals surface area contributed by atoms with Crippen LogP contribution in [0.1, 0.15) is 55.3 Å². The molecule has 1 N–H and O–H groups in total. The van der Waals surface area contributed by atoms with Crippen molar-refractivity contribution in [3.05, 3.63) is 34.9 Å². The normalized spacial score (nSPS) is 19.6. The van der Waals surface area contributed by atoms with E-state index in [4.69, 9.17) is 4.74 Å². The van der Waals surface area contributed by atoms with Gasteiger partial charge in [-0.25, -0.2) is 0 Å². The number of hydrogen-bond donors (Lipinski definition) is 1. The van der Waals surface area contributed by atoms with Crippen molar-refractivity contribution >= 4 is 0 Å². The second-order valence-corrected chi connectivity index (χ2v) is 5.76. The molecule has 106 valence electrons. The highest BCUT2D eigenvalue weighted by Crippen LogP contribution is 2.43. The topological polar surface area (TPSA) is 21.3 Å². The number of ether oxygens (including phenoxy) is 1. The quantitative estimate of drug-likeness (QED) is 0.867. The molecule has 1 aromatic rings. The van der Waals surface area contributed by atoms with Gasteiger partial charge in [-0.1, -0.05) is 38.0 Å². The Labute approximate surface area is 117 Å². The average molecular weight is 261 g/mol. The first-order chi connectivity index (χ1) is 9.14. The van der Waals surface area contributed by atoms with Crippen LogP contribution in [0.4, 0.5) is 0 Å². The zero-order valence-corrected chi connectivity index (χ0v) is 12.8. The van der Waals surface area contributed by atoms with Gasteiger partial charge in [0.25, 0.3) is 0 Å². The molecule has 1 aromatic carbocycles. The third-order valence-electron chi connectivity index (χ3n) is 4.75. The van der Waals surface area contributed by atoms with E-state index in [1.165, 1.54) is 29.5 Å². The Morgan fingerprint density at radius 2 is 1.95 bits per heavy atom. The van der Waals surface area contributed by atoms with Gasteiger partial charge in [-0.2, -0.15) is 0 Å². The molecule has 1 unspecified atom stereocenters. The Bertz CT molecular complexity index is 421. The molecule has 2 rings (SSSR count). The fourth-order valence-corrected chi connectivity index (χ4v) is 3.45. The number of aryl methyl sites for hydroxylation is 1. The predicted octanol–water partition coefficient (Wildman–Crippen LogP) is 3.91. The molecule has 1 fully saturated rings. The highest BCUT2D eigenvalue weighted by molar-refractivity contribution is 5.37. The molecule has 0 aliphatic heterocycles. The van der Waals surface area contributed by atoms with E-state index in [9.17, 15) is 0 Å². The van der Waals surface area contributed by atoms with Crippen molar-refractivity contribution in [1.82, 2.24) is 5.32 Å². The molecule has 0 spiro atoms. The zero-order chi connectivity index (χ0) is 13.9. The van der Waals surface area contributed by atoms with E-state index in [2.05, 4.69) is 44.3 Å². The van der Waals surface area contributed by atoms with E-state index < -0.39 is 0 Å². The van der Waals surface area contributed by atoms with E-state index in [0.717, 1.165) is 19.4 Å². The summed E-state index contributed by atoms with van der Waals surface area (Å²) in [6, 6.07) is 6.93. The van der Waals surface area contributed by atoms with E-state index in [-0.39, 0.29) is 5.60 Å². The van der Waals surface area contributed by atoms with Crippen molar-refractivity contribution in [2.24, 2.45) is 0 Å². The molecule has 0 saturated heterocycles. The summed E-state index contributed by atoms with van der Waals surface area (Å²) in [5.41, 5.74) is 4.15. The van der Waals surface area contributed by atoms with E-state index >= 15 is 0 Å². The van der Waals surface area contributed by atoms with Gasteiger partial charge in [-0.05, 0) is 49.9 Å². The maximum absolute atomic E-state index is 6.00. The lowest BCUT2D eigenvalue weighted by atomic mass is 9.83. The molecule has 1 saturated carbocycles. The zero-order valence-electron chi connectivity index (χ0n) is 12.8. The van der Waals surface area contributed by atoms with Gasteiger partial charge >= 0.3 is 0 Å². The molecule has 1 atom stereocenters. The molecular formula is C17H27NO. The maximum Gasteiger partial charge on any atom is 0.0872 e. The van der Waals surface area contributed by atoms with Gasteiger partial charge in [0.15, 0.2) is 0 Å². The van der Waals surface area contributed by atoms with Gasteiger partial charge < -0.3 is 10.1 Å². The van der Waals surface area contributed by atoms with E-state index in [1.807, 2.05) is 7.11 Å². The predicted molar refractivity (Wildman–Crippen MR) is 80.5 cm³/mol. The summed E-state index contributed by atoms with van der Waals surface area (Å²) in [7, 11) is 1.88. The minimum Gasteiger partial charge on any atom is -0.376 e. The minimum absolute atomic E-state index is 0.0193. The molecule has 0 aromatic heterocycles. The number of nitrogens with one attached hydrogen (secondary N) is 1. The summed E-state index contributed by atoms with van der Waals surface area (Å²) in [6.07, 6.45) is 4.88. The van der Waals surface area contributed by atoms with Crippen LogP contribution in [0.2, 0.25) is 0 Å². The number of rotatable bonds is 5. The summed E-state index contributed by atoms with van der Waals surface area (Å²) in [4.78, 5) is 0. The second-order valence-electron chi connectivity index (χ2n) is 5.76. The van der Waals surface area contributed by atoms with Gasteiger partial charge in [0.1, 0.15) is 0 Å². The van der Waals surface area contributed by atoms with Crippen LogP contribution >= 0.6 is 0 Å². The van der Waals surface area contributed by atoms with Gasteiger partial charge in [0, 0.05) is 7.11 Å². The highest BCUT2D eigenvalue weighted by atomic mass is 16.5. The lowest BCUT2D eigenvalue weighted by Crippen LogP contribution is -2.44. The summed E-state index contributed by atoms with van der Waals surface area (Å²) < 4.78 is 6.00. The van der Waals surface area contributed by atoms with Gasteiger partial charge in [-0.3, -0.25) is 0 Å². The van der Waals surface area contributed by atoms with Crippen LogP contribution in [-0.4, -0.2) is 19.3 Å². The smallest absolute Gasteiger partial charge is 0.0872 e. The van der Waals surface area contributed by atoms with Crippen molar-refractivity contribution in [3.8, 4) is 0 Å². The van der Waals surface area contributed by atoms with Gasteiger partial charge in [0.05, 0.1) is 11.6 Å². The number of likely N-dealkylation sites (N-methyl/N-ethyl adjacent to an activating group) is 1.